The van der Waals surface area contributed by atoms with Crippen LogP contribution in [-0.2, 0) is 14.2 Å². The van der Waals surface area contributed by atoms with Crippen LogP contribution in [0.4, 0.5) is 0 Å². The first-order chi connectivity index (χ1) is 5.73. The van der Waals surface area contributed by atoms with Crippen molar-refractivity contribution in [1.82, 2.24) is 0 Å². The summed E-state index contributed by atoms with van der Waals surface area (Å²) >= 11 is 0. The second-order valence-corrected chi connectivity index (χ2v) is 3.35. The number of aliphatic hydroxyl groups is 1. The van der Waals surface area contributed by atoms with Gasteiger partial charge in [0.2, 0.25) is 0 Å². The first kappa shape index (κ1) is 8.44. The minimum absolute atomic E-state index is 0.0707. The van der Waals surface area contributed by atoms with Gasteiger partial charge in [-0.25, -0.2) is 0 Å². The van der Waals surface area contributed by atoms with Gasteiger partial charge in [0.25, 0.3) is 0 Å². The Morgan fingerprint density at radius 1 is 1.42 bits per heavy atom. The lowest BCUT2D eigenvalue weighted by atomic mass is 9.92. The lowest BCUT2D eigenvalue weighted by molar-refractivity contribution is -0.229. The van der Waals surface area contributed by atoms with Gasteiger partial charge in [-0.05, 0) is 6.42 Å². The monoisotopic (exact) mass is 174 g/mol. The van der Waals surface area contributed by atoms with E-state index in [1.165, 1.54) is 0 Å². The highest BCUT2D eigenvalue weighted by Gasteiger charge is 2.62. The molecule has 2 fully saturated rings. The van der Waals surface area contributed by atoms with Crippen LogP contribution in [0.25, 0.3) is 0 Å². The average molecular weight is 174 g/mol. The van der Waals surface area contributed by atoms with Crippen molar-refractivity contribution in [3.05, 3.63) is 0 Å². The van der Waals surface area contributed by atoms with Crippen LogP contribution in [0.1, 0.15) is 12.8 Å². The normalized spacial score (nSPS) is 43.8. The Hall–Kier alpha value is -0.160. The first-order valence-electron chi connectivity index (χ1n) is 4.17. The predicted octanol–water partition coefficient (Wildman–Crippen LogP) is -0.102. The van der Waals surface area contributed by atoms with Crippen molar-refractivity contribution in [3.8, 4) is 0 Å². The molecule has 70 valence electrons. The molecule has 0 spiro atoms. The zero-order chi connectivity index (χ0) is 8.77. The van der Waals surface area contributed by atoms with Crippen molar-refractivity contribution in [3.63, 3.8) is 0 Å². The molecule has 12 heavy (non-hydrogen) atoms. The molecule has 3 atom stereocenters. The van der Waals surface area contributed by atoms with Crippen molar-refractivity contribution in [1.29, 1.82) is 0 Å². The predicted molar refractivity (Wildman–Crippen MR) is 40.7 cm³/mol. The Morgan fingerprint density at radius 2 is 2.08 bits per heavy atom. The fourth-order valence-corrected chi connectivity index (χ4v) is 1.95. The first-order valence-corrected chi connectivity index (χ1v) is 4.17. The van der Waals surface area contributed by atoms with Crippen molar-refractivity contribution in [2.75, 3.05) is 14.2 Å². The summed E-state index contributed by atoms with van der Waals surface area (Å²) in [6.45, 7) is 0. The molecule has 0 radical (unpaired) electrons. The molecule has 2 rings (SSSR count). The third kappa shape index (κ3) is 0.992. The van der Waals surface area contributed by atoms with Crippen LogP contribution in [0.5, 0.6) is 0 Å². The molecule has 0 aromatic carbocycles. The van der Waals surface area contributed by atoms with E-state index in [1.54, 1.807) is 14.2 Å². The number of hydrogen-bond donors (Lipinski definition) is 1. The second kappa shape index (κ2) is 2.67. The van der Waals surface area contributed by atoms with Gasteiger partial charge in [0, 0.05) is 20.6 Å². The van der Waals surface area contributed by atoms with Gasteiger partial charge >= 0.3 is 0 Å². The molecule has 1 aliphatic heterocycles. The van der Waals surface area contributed by atoms with Crippen LogP contribution < -0.4 is 0 Å². The van der Waals surface area contributed by atoms with Gasteiger partial charge in [0.1, 0.15) is 12.2 Å². The number of rotatable bonds is 2. The molecule has 4 heteroatoms. The fourth-order valence-electron chi connectivity index (χ4n) is 1.95. The second-order valence-electron chi connectivity index (χ2n) is 3.35. The highest BCUT2D eigenvalue weighted by Crippen LogP contribution is 2.45. The zero-order valence-electron chi connectivity index (χ0n) is 7.32. The largest absolute Gasteiger partial charge is 0.390 e. The Morgan fingerprint density at radius 3 is 2.67 bits per heavy atom. The number of epoxide rings is 1. The molecule has 1 saturated heterocycles. The van der Waals surface area contributed by atoms with Crippen molar-refractivity contribution in [2.24, 2.45) is 0 Å². The van der Waals surface area contributed by atoms with E-state index in [4.69, 9.17) is 14.2 Å². The number of ether oxygens (including phenoxy) is 3. The van der Waals surface area contributed by atoms with E-state index in [1.807, 2.05) is 0 Å². The molecule has 1 aliphatic carbocycles. The average Bonchev–Trinajstić information content (AvgIpc) is 2.87. The van der Waals surface area contributed by atoms with Crippen molar-refractivity contribution >= 4 is 0 Å². The lowest BCUT2D eigenvalue weighted by Crippen LogP contribution is -2.46. The molecule has 1 N–H and O–H groups in total. The van der Waals surface area contributed by atoms with Crippen molar-refractivity contribution < 1.29 is 19.3 Å². The summed E-state index contributed by atoms with van der Waals surface area (Å²) in [4.78, 5) is 0. The molecule has 3 unspecified atom stereocenters. The van der Waals surface area contributed by atoms with Crippen LogP contribution in [0.3, 0.4) is 0 Å². The van der Waals surface area contributed by atoms with E-state index in [2.05, 4.69) is 0 Å². The van der Waals surface area contributed by atoms with Gasteiger partial charge in [-0.3, -0.25) is 0 Å². The molecule has 0 amide bonds. The highest BCUT2D eigenvalue weighted by molar-refractivity contribution is 5.05. The van der Waals surface area contributed by atoms with Crippen LogP contribution in [0.2, 0.25) is 0 Å². The Balaban J connectivity index is 2.09. The summed E-state index contributed by atoms with van der Waals surface area (Å²) in [5, 5.41) is 9.41. The quantitative estimate of drug-likeness (QED) is 0.469. The van der Waals surface area contributed by atoms with E-state index in [0.717, 1.165) is 0 Å². The summed E-state index contributed by atoms with van der Waals surface area (Å²) in [7, 11) is 3.22. The van der Waals surface area contributed by atoms with E-state index in [-0.39, 0.29) is 18.3 Å². The van der Waals surface area contributed by atoms with E-state index in [0.29, 0.717) is 12.8 Å². The highest BCUT2D eigenvalue weighted by atomic mass is 16.7. The van der Waals surface area contributed by atoms with E-state index in [9.17, 15) is 5.11 Å². The smallest absolute Gasteiger partial charge is 0.196 e. The maximum Gasteiger partial charge on any atom is 0.196 e. The Kier molecular flexibility index (Phi) is 1.88. The summed E-state index contributed by atoms with van der Waals surface area (Å²) in [6, 6.07) is 0. The number of methoxy groups -OCH3 is 2. The third-order valence-corrected chi connectivity index (χ3v) is 2.82. The van der Waals surface area contributed by atoms with Gasteiger partial charge in [0.05, 0.1) is 6.10 Å². The number of hydrogen-bond acceptors (Lipinski definition) is 4. The maximum atomic E-state index is 9.41. The molecular weight excluding hydrogens is 160 g/mol. The number of fused-ring (bicyclic) bond motifs is 1. The van der Waals surface area contributed by atoms with Gasteiger partial charge in [0.15, 0.2) is 5.79 Å². The van der Waals surface area contributed by atoms with Crippen LogP contribution in [-0.4, -0.2) is 43.4 Å². The van der Waals surface area contributed by atoms with Gasteiger partial charge < -0.3 is 19.3 Å². The zero-order valence-corrected chi connectivity index (χ0v) is 7.32. The standard InChI is InChI=1S/C8H14O4/c1-10-8(11-2)4-3-5(9)6-7(8)12-6/h5-7,9H,3-4H2,1-2H3. The molecule has 2 aliphatic rings. The lowest BCUT2D eigenvalue weighted by Gasteiger charge is -2.33. The Bertz CT molecular complexity index is 178. The maximum absolute atomic E-state index is 9.41. The van der Waals surface area contributed by atoms with Crippen LogP contribution in [0.15, 0.2) is 0 Å². The summed E-state index contributed by atoms with van der Waals surface area (Å²) < 4.78 is 15.8. The van der Waals surface area contributed by atoms with Gasteiger partial charge in [-0.2, -0.15) is 0 Å². The summed E-state index contributed by atoms with van der Waals surface area (Å²) in [5.74, 6) is -0.607. The molecule has 1 saturated carbocycles. The van der Waals surface area contributed by atoms with E-state index >= 15 is 0 Å². The molecule has 0 aromatic heterocycles. The molecule has 0 aromatic rings. The fraction of sp³-hybridized carbons (Fsp3) is 1.00. The van der Waals surface area contributed by atoms with Crippen molar-refractivity contribution in [2.45, 2.75) is 36.9 Å². The third-order valence-electron chi connectivity index (χ3n) is 2.82. The Labute approximate surface area is 71.4 Å². The SMILES string of the molecule is COC1(OC)CCC(O)C2OC21. The minimum atomic E-state index is -0.607. The minimum Gasteiger partial charge on any atom is -0.390 e. The summed E-state index contributed by atoms with van der Waals surface area (Å²) in [5.41, 5.74) is 0. The molecule has 1 heterocycles. The number of aliphatic hydroxyl groups excluding tert-OH is 1. The molecule has 4 nitrogen and oxygen atoms in total. The van der Waals surface area contributed by atoms with Gasteiger partial charge in [-0.1, -0.05) is 0 Å². The van der Waals surface area contributed by atoms with Gasteiger partial charge in [-0.15, -0.1) is 0 Å². The molecule has 0 bridgehead atoms. The van der Waals surface area contributed by atoms with Crippen LogP contribution >= 0.6 is 0 Å². The topological polar surface area (TPSA) is 51.2 Å². The van der Waals surface area contributed by atoms with Crippen LogP contribution in [0, 0.1) is 0 Å². The summed E-state index contributed by atoms with van der Waals surface area (Å²) in [6.07, 6.45) is 0.897. The molecular formula is C8H14O4. The van der Waals surface area contributed by atoms with E-state index < -0.39 is 5.79 Å².